The third-order valence-corrected chi connectivity index (χ3v) is 22.7. The van der Waals surface area contributed by atoms with E-state index in [9.17, 15) is 15.1 Å². The number of benzene rings is 15. The van der Waals surface area contributed by atoms with Gasteiger partial charge < -0.3 is 0 Å². The van der Waals surface area contributed by atoms with Crippen molar-refractivity contribution in [3.05, 3.63) is 339 Å². The number of anilines is 3. The number of hydrogen-bond donors (Lipinski definition) is 0. The zero-order valence-electron chi connectivity index (χ0n) is 65.9. The molecule has 0 bridgehead atoms. The molecule has 0 atom stereocenters. The van der Waals surface area contributed by atoms with Crippen LogP contribution in [-0.4, -0.2) is 30.8 Å². The number of fused-ring (bicyclic) bond motifs is 14. The number of nitrogens with zero attached hydrogens (tertiary/aromatic N) is 3. The number of hydrogen-bond acceptors (Lipinski definition) is 2. The molecule has 2 aliphatic rings. The van der Waals surface area contributed by atoms with Gasteiger partial charge in [0.1, 0.15) is 0 Å². The van der Waals surface area contributed by atoms with Gasteiger partial charge in [0.15, 0.2) is 0 Å². The van der Waals surface area contributed by atoms with E-state index in [4.69, 9.17) is 5.48 Å². The Morgan fingerprint density at radius 3 is 1.43 bits per heavy atom. The molecule has 0 saturated heterocycles. The van der Waals surface area contributed by atoms with Crippen LogP contribution in [0.3, 0.4) is 0 Å². The minimum atomic E-state index is -0.520. The van der Waals surface area contributed by atoms with Crippen molar-refractivity contribution >= 4 is 139 Å². The molecule has 0 saturated carbocycles. The molecule has 0 aliphatic carbocycles. The summed E-state index contributed by atoms with van der Waals surface area (Å²) >= 11 is 1.11. The summed E-state index contributed by atoms with van der Waals surface area (Å²) in [6.07, 6.45) is 0. The van der Waals surface area contributed by atoms with E-state index in [2.05, 4.69) is 126 Å². The summed E-state index contributed by atoms with van der Waals surface area (Å²) in [5, 5.41) is 1.95. The van der Waals surface area contributed by atoms with Gasteiger partial charge in [-0.1, -0.05) is 30.3 Å². The minimum absolute atomic E-state index is 0.00856. The van der Waals surface area contributed by atoms with Gasteiger partial charge in [-0.05, 0) is 5.56 Å². The van der Waals surface area contributed by atoms with E-state index in [-0.39, 0.29) is 91.5 Å². The van der Waals surface area contributed by atoms with E-state index in [0.717, 1.165) is 112 Å². The molecule has 0 amide bonds. The Bertz CT molecular complexity index is 6980. The molecule has 15 aromatic carbocycles. The van der Waals surface area contributed by atoms with E-state index in [0.29, 0.717) is 22.6 Å². The normalized spacial score (nSPS) is 14.7. The van der Waals surface area contributed by atoms with Gasteiger partial charge in [-0.2, -0.15) is 0 Å². The molecular weight excluding hydrogens is 1240 g/mol. The van der Waals surface area contributed by atoms with Crippen LogP contribution < -0.4 is 30.2 Å². The SMILES string of the molecule is [2H]c1c([2H])c([2H])c2c(c1[2H])c1c([2H])c([2H])c([2H])c([2H])c1n2-c1ccc2sc3ccc4c(c3c2c1)[Se]c1cc(-c2cccc(-c3ccccc3)c2)cc2c1B4c1ccc(-n3c4c([2H])c([2H])c([2H])c([2H])c4c4c([2H])c(-c5ccccc5)c([2H])c([2H])c43)cc1N2c1c(-c2ccccc2)cc(-c2ccccc2)cc1-c1ccccc1. The van der Waals surface area contributed by atoms with Gasteiger partial charge in [0, 0.05) is 0 Å². The van der Waals surface area contributed by atoms with Gasteiger partial charge in [0.05, 0.1) is 1.37 Å². The average molecular weight is 1320 g/mol. The van der Waals surface area contributed by atoms with Crippen molar-refractivity contribution in [2.75, 3.05) is 4.90 Å². The Balaban J connectivity index is 0.932. The third-order valence-electron chi connectivity index (χ3n) is 19.0. The standard InChI is InChI=1S/C90H56BN3SSe/c1-6-23-57(24-7-1)62-33-22-34-63(49-62)66-53-83-88-86(54-66)96-90-77(45-48-85-87(90)75-55-67(43-47-84(75)95-85)92-78-38-19-16-35-69(78)70-36-17-20-39-79(70)92)91(88)76-44-42-68(93-80-40-21-18-37-71(80)74-50-64(41-46-81(74)93)58-25-8-2-9-26-58)56-82(76)94(83)89-72(60-29-12-4-13-30-60)51-65(59-27-10-3-11-28-59)52-73(89)61-31-14-5-15-32-61/h1-56H/i16D,17D,18D,19D,20D,21D,35D,36D,37D,38D,39D,40D,41D,46D,50D. The second-order valence-corrected chi connectivity index (χ2v) is 27.6. The first-order valence-electron chi connectivity index (χ1n) is 39.3. The third kappa shape index (κ3) is 8.66. The number of rotatable bonds is 9. The van der Waals surface area contributed by atoms with Crippen molar-refractivity contribution in [2.45, 2.75) is 0 Å². The molecule has 6 heteroatoms. The summed E-state index contributed by atoms with van der Waals surface area (Å²) in [6, 6.07) is 78.5. The van der Waals surface area contributed by atoms with Crippen molar-refractivity contribution in [3.8, 4) is 78.1 Å². The molecule has 5 heterocycles. The van der Waals surface area contributed by atoms with E-state index in [1.165, 1.54) is 0 Å². The summed E-state index contributed by atoms with van der Waals surface area (Å²) in [5.74, 6) is 0. The number of para-hydroxylation sites is 3. The van der Waals surface area contributed by atoms with Crippen LogP contribution in [0, 0.1) is 0 Å². The summed E-state index contributed by atoms with van der Waals surface area (Å²) in [6.45, 7) is -0.517. The van der Waals surface area contributed by atoms with Crippen LogP contribution in [0.15, 0.2) is 339 Å². The van der Waals surface area contributed by atoms with E-state index in [1.807, 2.05) is 103 Å². The molecule has 0 unspecified atom stereocenters. The second kappa shape index (κ2) is 22.1. The van der Waals surface area contributed by atoms with Crippen molar-refractivity contribution in [1.29, 1.82) is 0 Å². The van der Waals surface area contributed by atoms with Crippen molar-refractivity contribution in [3.63, 3.8) is 0 Å². The van der Waals surface area contributed by atoms with Crippen LogP contribution in [0.25, 0.3) is 142 Å². The number of thiophene rings is 1. The summed E-state index contributed by atoms with van der Waals surface area (Å²) in [4.78, 5) is 2.39. The van der Waals surface area contributed by atoms with Gasteiger partial charge >= 0.3 is 554 Å². The molecule has 96 heavy (non-hydrogen) atoms. The molecule has 0 spiro atoms. The van der Waals surface area contributed by atoms with E-state index >= 15 is 0 Å². The molecule has 3 aromatic heterocycles. The first-order valence-corrected chi connectivity index (χ1v) is 34.3. The Morgan fingerprint density at radius 2 is 0.812 bits per heavy atom. The Hall–Kier alpha value is -11.5. The van der Waals surface area contributed by atoms with Crippen LogP contribution in [-0.2, 0) is 0 Å². The van der Waals surface area contributed by atoms with Gasteiger partial charge in [-0.3, -0.25) is 0 Å². The predicted octanol–water partition coefficient (Wildman–Crippen LogP) is 20.5. The van der Waals surface area contributed by atoms with Gasteiger partial charge in [0.25, 0.3) is 0 Å². The zero-order chi connectivity index (χ0) is 76.0. The average Bonchev–Trinajstić information content (AvgIpc) is 1.67. The fraction of sp³-hybridized carbons (Fsp3) is 0. The monoisotopic (exact) mass is 1320 g/mol. The molecule has 0 N–H and O–H groups in total. The van der Waals surface area contributed by atoms with E-state index in [1.54, 1.807) is 44.7 Å². The van der Waals surface area contributed by atoms with Crippen LogP contribution in [0.1, 0.15) is 20.6 Å². The maximum absolute atomic E-state index is 10.2. The quantitative estimate of drug-likeness (QED) is 0.131. The maximum atomic E-state index is 10.2. The summed E-state index contributed by atoms with van der Waals surface area (Å²) < 4.78 is 149. The van der Waals surface area contributed by atoms with E-state index < -0.39 is 70.0 Å². The van der Waals surface area contributed by atoms with Gasteiger partial charge in [0.2, 0.25) is 0 Å². The van der Waals surface area contributed by atoms with Crippen molar-refractivity contribution < 1.29 is 20.6 Å². The molecule has 0 fully saturated rings. The molecule has 3 nitrogen and oxygen atoms in total. The Morgan fingerprint density at radius 1 is 0.333 bits per heavy atom. The van der Waals surface area contributed by atoms with Crippen LogP contribution in [0.4, 0.5) is 17.1 Å². The zero-order valence-corrected chi connectivity index (χ0v) is 53.4. The van der Waals surface area contributed by atoms with Crippen LogP contribution in [0.2, 0.25) is 0 Å². The first kappa shape index (κ1) is 42.0. The summed E-state index contributed by atoms with van der Waals surface area (Å²) in [7, 11) is 0. The second-order valence-electron chi connectivity index (χ2n) is 24.3. The molecule has 0 radical (unpaired) electrons. The summed E-state index contributed by atoms with van der Waals surface area (Å²) in [5.41, 5.74) is 16.7. The van der Waals surface area contributed by atoms with Gasteiger partial charge in [-0.25, -0.2) is 0 Å². The van der Waals surface area contributed by atoms with Gasteiger partial charge in [-0.15, -0.1) is 0 Å². The molecule has 446 valence electrons. The van der Waals surface area contributed by atoms with Crippen LogP contribution >= 0.6 is 11.3 Å². The first-order chi connectivity index (χ1) is 53.9. The molecule has 18 aromatic rings. The molecule has 2 aliphatic heterocycles. The molecular formula is C90H56BN3SSe. The topological polar surface area (TPSA) is 13.1 Å². The van der Waals surface area contributed by atoms with Crippen molar-refractivity contribution in [2.24, 2.45) is 0 Å². The van der Waals surface area contributed by atoms with Crippen LogP contribution in [0.5, 0.6) is 0 Å². The Labute approximate surface area is 588 Å². The molecule has 20 rings (SSSR count). The fourth-order valence-corrected chi connectivity index (χ4v) is 18.9. The van der Waals surface area contributed by atoms with Crippen molar-refractivity contribution in [1.82, 2.24) is 9.13 Å². The fourth-order valence-electron chi connectivity index (χ4n) is 14.8. The number of aromatic nitrogens is 2. The predicted molar refractivity (Wildman–Crippen MR) is 411 cm³/mol. The Kier molecular flexibility index (Phi) is 9.64.